The first-order valence-electron chi connectivity index (χ1n) is 14.2. The maximum Gasteiger partial charge on any atom is 0.264 e. The van der Waals surface area contributed by atoms with Gasteiger partial charge in [0.25, 0.3) is 10.0 Å². The number of sulfonamides is 1. The maximum absolute atomic E-state index is 14.1. The van der Waals surface area contributed by atoms with Crippen molar-refractivity contribution in [3.8, 4) is 0 Å². The molecule has 3 aromatic rings. The number of aryl methyl sites for hydroxylation is 1. The molecule has 1 N–H and O–H groups in total. The summed E-state index contributed by atoms with van der Waals surface area (Å²) in [5.41, 5.74) is 2.48. The highest BCUT2D eigenvalue weighted by atomic mass is 35.5. The van der Waals surface area contributed by atoms with Crippen LogP contribution in [0.1, 0.15) is 55.7 Å². The van der Waals surface area contributed by atoms with Crippen LogP contribution in [0.25, 0.3) is 0 Å². The molecule has 10 heteroatoms. The van der Waals surface area contributed by atoms with E-state index in [1.807, 2.05) is 6.92 Å². The third-order valence-electron chi connectivity index (χ3n) is 7.78. The van der Waals surface area contributed by atoms with Crippen LogP contribution in [0.5, 0.6) is 0 Å². The van der Waals surface area contributed by atoms with Crippen LogP contribution in [0.4, 0.5) is 5.69 Å². The van der Waals surface area contributed by atoms with Crippen LogP contribution in [0, 0.1) is 13.8 Å². The zero-order chi connectivity index (χ0) is 30.4. The van der Waals surface area contributed by atoms with Crippen molar-refractivity contribution in [1.82, 2.24) is 10.2 Å². The Labute approximate surface area is 258 Å². The average molecular weight is 631 g/mol. The Morgan fingerprint density at radius 2 is 1.57 bits per heavy atom. The number of anilines is 1. The number of hydrogen-bond donors (Lipinski definition) is 1. The lowest BCUT2D eigenvalue weighted by atomic mass is 9.95. The van der Waals surface area contributed by atoms with E-state index in [9.17, 15) is 18.0 Å². The summed E-state index contributed by atoms with van der Waals surface area (Å²) in [5, 5.41) is 4.03. The first-order valence-corrected chi connectivity index (χ1v) is 16.4. The number of carbonyl (C=O) groups excluding carboxylic acids is 2. The molecule has 0 bridgehead atoms. The van der Waals surface area contributed by atoms with Crippen LogP contribution in [0.2, 0.25) is 10.0 Å². The molecular formula is C32H37Cl2N3O4S. The van der Waals surface area contributed by atoms with Crippen molar-refractivity contribution in [2.45, 2.75) is 76.4 Å². The van der Waals surface area contributed by atoms with Crippen molar-refractivity contribution in [3.63, 3.8) is 0 Å². The molecule has 1 fully saturated rings. The first-order chi connectivity index (χ1) is 20.0. The van der Waals surface area contributed by atoms with Crippen molar-refractivity contribution >= 4 is 50.7 Å². The quantitative estimate of drug-likeness (QED) is 0.271. The molecule has 7 nitrogen and oxygen atoms in total. The number of carbonyl (C=O) groups is 2. The second kappa shape index (κ2) is 13.9. The van der Waals surface area contributed by atoms with Crippen LogP contribution in [-0.4, -0.2) is 43.8 Å². The number of rotatable bonds is 10. The molecule has 1 aliphatic rings. The fourth-order valence-corrected chi connectivity index (χ4v) is 6.92. The zero-order valence-electron chi connectivity index (χ0n) is 24.1. The largest absolute Gasteiger partial charge is 0.352 e. The Morgan fingerprint density at radius 3 is 2.21 bits per heavy atom. The van der Waals surface area contributed by atoms with Gasteiger partial charge in [0.2, 0.25) is 11.8 Å². The molecule has 0 heterocycles. The number of nitrogens with one attached hydrogen (secondary N) is 1. The maximum atomic E-state index is 14.1. The number of hydrogen-bond acceptors (Lipinski definition) is 4. The third-order valence-corrected chi connectivity index (χ3v) is 10.2. The summed E-state index contributed by atoms with van der Waals surface area (Å²) in [6, 6.07) is 17.6. The van der Waals surface area contributed by atoms with Crippen molar-refractivity contribution in [2.75, 3.05) is 10.8 Å². The highest BCUT2D eigenvalue weighted by Crippen LogP contribution is 2.31. The van der Waals surface area contributed by atoms with Gasteiger partial charge in [-0.3, -0.25) is 13.9 Å². The van der Waals surface area contributed by atoms with Gasteiger partial charge >= 0.3 is 0 Å². The van der Waals surface area contributed by atoms with Gasteiger partial charge in [0.15, 0.2) is 0 Å². The van der Waals surface area contributed by atoms with Crippen LogP contribution >= 0.6 is 23.2 Å². The molecule has 0 aliphatic heterocycles. The Bertz CT molecular complexity index is 1510. The number of nitrogens with zero attached hydrogens (tertiary/aromatic N) is 2. The van der Waals surface area contributed by atoms with E-state index in [2.05, 4.69) is 5.32 Å². The smallest absolute Gasteiger partial charge is 0.264 e. The average Bonchev–Trinajstić information content (AvgIpc) is 2.97. The fourth-order valence-electron chi connectivity index (χ4n) is 5.15. The van der Waals surface area contributed by atoms with Crippen molar-refractivity contribution in [1.29, 1.82) is 0 Å². The van der Waals surface area contributed by atoms with Gasteiger partial charge in [-0.05, 0) is 81.1 Å². The molecule has 1 unspecified atom stereocenters. The summed E-state index contributed by atoms with van der Waals surface area (Å²) in [7, 11) is -4.18. The SMILES string of the molecule is Cc1ccc(S(=O)(=O)N(CC(=O)N(Cc2ccc(Cl)cc2)C(C)C(=O)NC2CCCCC2)c2cccc(Cl)c2C)cc1. The van der Waals surface area contributed by atoms with Crippen LogP contribution in [-0.2, 0) is 26.2 Å². The highest BCUT2D eigenvalue weighted by Gasteiger charge is 2.34. The summed E-state index contributed by atoms with van der Waals surface area (Å²) in [6.45, 7) is 4.84. The summed E-state index contributed by atoms with van der Waals surface area (Å²) in [4.78, 5) is 29.1. The van der Waals surface area contributed by atoms with E-state index < -0.39 is 28.5 Å². The molecule has 42 heavy (non-hydrogen) atoms. The molecule has 0 saturated heterocycles. The van der Waals surface area contributed by atoms with Gasteiger partial charge in [-0.25, -0.2) is 8.42 Å². The second-order valence-electron chi connectivity index (χ2n) is 10.9. The molecule has 1 aliphatic carbocycles. The lowest BCUT2D eigenvalue weighted by Crippen LogP contribution is -2.53. The Hall–Kier alpha value is -3.07. The molecule has 0 aromatic heterocycles. The van der Waals surface area contributed by atoms with Crippen molar-refractivity contribution in [3.05, 3.63) is 93.5 Å². The molecule has 4 rings (SSSR count). The number of benzene rings is 3. The molecule has 2 amide bonds. The summed E-state index contributed by atoms with van der Waals surface area (Å²) in [6.07, 6.45) is 5.06. The molecular weight excluding hydrogens is 593 g/mol. The molecule has 1 atom stereocenters. The summed E-state index contributed by atoms with van der Waals surface area (Å²) < 4.78 is 29.2. The van der Waals surface area contributed by atoms with E-state index in [-0.39, 0.29) is 23.4 Å². The van der Waals surface area contributed by atoms with Crippen LogP contribution < -0.4 is 9.62 Å². The Balaban J connectivity index is 1.70. The van der Waals surface area contributed by atoms with Crippen molar-refractivity contribution < 1.29 is 18.0 Å². The van der Waals surface area contributed by atoms with Crippen molar-refractivity contribution in [2.24, 2.45) is 0 Å². The van der Waals surface area contributed by atoms with Gasteiger partial charge < -0.3 is 10.2 Å². The summed E-state index contributed by atoms with van der Waals surface area (Å²) in [5.74, 6) is -0.789. The lowest BCUT2D eigenvalue weighted by Gasteiger charge is -2.33. The van der Waals surface area contributed by atoms with Crippen LogP contribution in [0.3, 0.4) is 0 Å². The molecule has 1 saturated carbocycles. The van der Waals surface area contributed by atoms with Crippen LogP contribution in [0.15, 0.2) is 71.6 Å². The van der Waals surface area contributed by atoms with E-state index in [0.717, 1.165) is 47.5 Å². The molecule has 224 valence electrons. The van der Waals surface area contributed by atoms with Gasteiger partial charge in [-0.1, -0.05) is 78.4 Å². The van der Waals surface area contributed by atoms with E-state index in [1.165, 1.54) is 17.0 Å². The minimum absolute atomic E-state index is 0.0487. The van der Waals surface area contributed by atoms with E-state index >= 15 is 0 Å². The minimum atomic E-state index is -4.18. The summed E-state index contributed by atoms with van der Waals surface area (Å²) >= 11 is 12.5. The predicted molar refractivity (Wildman–Crippen MR) is 168 cm³/mol. The van der Waals surface area contributed by atoms with Gasteiger partial charge in [0, 0.05) is 22.6 Å². The van der Waals surface area contributed by atoms with E-state index in [0.29, 0.717) is 21.3 Å². The molecule has 0 radical (unpaired) electrons. The third kappa shape index (κ3) is 7.65. The van der Waals surface area contributed by atoms with Gasteiger partial charge in [-0.2, -0.15) is 0 Å². The monoisotopic (exact) mass is 629 g/mol. The topological polar surface area (TPSA) is 86.8 Å². The fraction of sp³-hybridized carbons (Fsp3) is 0.375. The standard InChI is InChI=1S/C32H37Cl2N3O4S/c1-22-12-18-28(19-13-22)42(40,41)37(30-11-7-10-29(34)23(30)2)21-31(38)36(20-25-14-16-26(33)17-15-25)24(3)32(39)35-27-8-5-4-6-9-27/h7,10-19,24,27H,4-6,8-9,20-21H2,1-3H3,(H,35,39). The Kier molecular flexibility index (Phi) is 10.6. The lowest BCUT2D eigenvalue weighted by molar-refractivity contribution is -0.139. The molecule has 3 aromatic carbocycles. The Morgan fingerprint density at radius 1 is 0.929 bits per heavy atom. The first kappa shape index (κ1) is 31.9. The normalized spacial score (nSPS) is 14.7. The van der Waals surface area contributed by atoms with Gasteiger partial charge in [0.1, 0.15) is 12.6 Å². The minimum Gasteiger partial charge on any atom is -0.352 e. The zero-order valence-corrected chi connectivity index (χ0v) is 26.5. The number of halogens is 2. The van der Waals surface area contributed by atoms with E-state index in [1.54, 1.807) is 68.4 Å². The highest BCUT2D eigenvalue weighted by molar-refractivity contribution is 7.92. The number of amides is 2. The van der Waals surface area contributed by atoms with Gasteiger partial charge in [0.05, 0.1) is 10.6 Å². The predicted octanol–water partition coefficient (Wildman–Crippen LogP) is 6.67. The second-order valence-corrected chi connectivity index (χ2v) is 13.6. The van der Waals surface area contributed by atoms with Gasteiger partial charge in [-0.15, -0.1) is 0 Å². The molecule has 0 spiro atoms. The van der Waals surface area contributed by atoms with E-state index in [4.69, 9.17) is 23.2 Å².